The number of unbranched alkanes of at least 4 members (excludes halogenated alkanes) is 2. The third kappa shape index (κ3) is 3.29. The fourth-order valence-corrected chi connectivity index (χ4v) is 4.69. The maximum Gasteiger partial charge on any atom is 0.279 e. The number of alkyl halides is 2. The molecule has 1 fully saturated rings. The largest absolute Gasteiger partial charge is 0.279 e. The van der Waals surface area contributed by atoms with Crippen molar-refractivity contribution in [3.8, 4) is 0 Å². The molecule has 3 heteroatoms. The van der Waals surface area contributed by atoms with Crippen LogP contribution >= 0.6 is 0 Å². The van der Waals surface area contributed by atoms with Gasteiger partial charge in [0, 0.05) is 7.34 Å². The zero-order valence-electron chi connectivity index (χ0n) is 14.0. The van der Waals surface area contributed by atoms with Crippen molar-refractivity contribution in [1.29, 1.82) is 0 Å². The molecule has 1 atom stereocenters. The summed E-state index contributed by atoms with van der Waals surface area (Å²) in [7, 11) is 0. The van der Waals surface area contributed by atoms with Crippen molar-refractivity contribution in [3.05, 3.63) is 35.1 Å². The predicted molar refractivity (Wildman–Crippen MR) is 89.2 cm³/mol. The number of hydrogen-bond acceptors (Lipinski definition) is 0. The molecule has 0 heterocycles. The summed E-state index contributed by atoms with van der Waals surface area (Å²) in [5.41, 5.74) is 0.195. The highest BCUT2D eigenvalue weighted by Crippen LogP contribution is 2.53. The van der Waals surface area contributed by atoms with E-state index in [0.717, 1.165) is 25.7 Å². The first-order valence-corrected chi connectivity index (χ1v) is 9.19. The number of fused-ring (bicyclic) bond motifs is 1. The molecule has 1 aromatic rings. The molecule has 3 rings (SSSR count). The smallest absolute Gasteiger partial charge is 0.206 e. The molecule has 0 amide bonds. The molecule has 0 saturated heterocycles. The Bertz CT molecular complexity index is 536. The number of halogens is 3. The Balaban J connectivity index is 0.00000208. The maximum absolute atomic E-state index is 14.8. The zero-order valence-corrected chi connectivity index (χ0v) is 14.0. The normalized spacial score (nSPS) is 29.5. The van der Waals surface area contributed by atoms with Crippen molar-refractivity contribution in [2.75, 3.05) is 0 Å². The second kappa shape index (κ2) is 6.86. The molecule has 0 aromatic heterocycles. The quantitative estimate of drug-likeness (QED) is 0.527. The Morgan fingerprint density at radius 2 is 1.87 bits per heavy atom. The Morgan fingerprint density at radius 1 is 1.13 bits per heavy atom. The number of rotatable bonds is 5. The molecule has 0 nitrogen and oxygen atoms in total. The molecule has 1 saturated carbocycles. The van der Waals surface area contributed by atoms with Gasteiger partial charge >= 0.3 is 0 Å². The minimum Gasteiger partial charge on any atom is -0.206 e. The first kappa shape index (κ1) is 16.9. The minimum absolute atomic E-state index is 0. The summed E-state index contributed by atoms with van der Waals surface area (Å²) in [6, 6.07) is 4.39. The highest BCUT2D eigenvalue weighted by molar-refractivity contribution is 5.38. The van der Waals surface area contributed by atoms with Crippen LogP contribution in [0.1, 0.15) is 70.8 Å². The SMILES string of the molecule is CCCCCC1CCC(C2Cc3cccc(F)c3C2(F)F)CC1.[HH]. The maximum atomic E-state index is 14.8. The molecule has 0 N–H and O–H groups in total. The van der Waals surface area contributed by atoms with Crippen molar-refractivity contribution < 1.29 is 14.6 Å². The first-order valence-electron chi connectivity index (χ1n) is 9.19. The van der Waals surface area contributed by atoms with Gasteiger partial charge in [-0.2, -0.15) is 0 Å². The van der Waals surface area contributed by atoms with Gasteiger partial charge in [0.05, 0.1) is 5.56 Å². The minimum atomic E-state index is -3.00. The average molecular weight is 326 g/mol. The average Bonchev–Trinajstić information content (AvgIpc) is 2.81. The van der Waals surface area contributed by atoms with Gasteiger partial charge < -0.3 is 0 Å². The fourth-order valence-electron chi connectivity index (χ4n) is 4.69. The van der Waals surface area contributed by atoms with Crippen LogP contribution < -0.4 is 0 Å². The summed E-state index contributed by atoms with van der Waals surface area (Å²) in [4.78, 5) is 0. The van der Waals surface area contributed by atoms with Crippen LogP contribution in [0.3, 0.4) is 0 Å². The molecular formula is C20H29F3. The lowest BCUT2D eigenvalue weighted by molar-refractivity contribution is -0.0840. The van der Waals surface area contributed by atoms with Crippen LogP contribution in [0.2, 0.25) is 0 Å². The molecular weight excluding hydrogens is 297 g/mol. The standard InChI is InChI=1S/C20H27F3.H2/c1-2-3-4-6-14-9-11-15(12-10-14)17-13-16-7-5-8-18(21)19(16)20(17,22)23;/h5,7-8,14-15,17H,2-4,6,9-13H2,1H3;1H. The van der Waals surface area contributed by atoms with Gasteiger partial charge in [-0.05, 0) is 42.7 Å². The van der Waals surface area contributed by atoms with Crippen molar-refractivity contribution in [1.82, 2.24) is 0 Å². The van der Waals surface area contributed by atoms with Gasteiger partial charge in [-0.1, -0.05) is 57.6 Å². The van der Waals surface area contributed by atoms with Crippen molar-refractivity contribution >= 4 is 0 Å². The molecule has 1 aromatic carbocycles. The summed E-state index contributed by atoms with van der Waals surface area (Å²) in [6.07, 6.45) is 9.26. The first-order chi connectivity index (χ1) is 11.0. The Morgan fingerprint density at radius 3 is 2.52 bits per heavy atom. The number of benzene rings is 1. The summed E-state index contributed by atoms with van der Waals surface area (Å²) >= 11 is 0. The number of hydrogen-bond donors (Lipinski definition) is 0. The highest BCUT2D eigenvalue weighted by Gasteiger charge is 2.53. The molecule has 2 aliphatic carbocycles. The summed E-state index contributed by atoms with van der Waals surface area (Å²) < 4.78 is 43.4. The second-order valence-electron chi connectivity index (χ2n) is 7.48. The topological polar surface area (TPSA) is 0 Å². The molecule has 0 radical (unpaired) electrons. The van der Waals surface area contributed by atoms with E-state index in [-0.39, 0.29) is 12.9 Å². The van der Waals surface area contributed by atoms with Crippen molar-refractivity contribution in [2.24, 2.45) is 17.8 Å². The molecule has 23 heavy (non-hydrogen) atoms. The third-order valence-electron chi connectivity index (χ3n) is 6.02. The van der Waals surface area contributed by atoms with Gasteiger partial charge in [0.1, 0.15) is 5.82 Å². The summed E-state index contributed by atoms with van der Waals surface area (Å²) in [5, 5.41) is 0. The van der Waals surface area contributed by atoms with E-state index in [0.29, 0.717) is 17.9 Å². The van der Waals surface area contributed by atoms with Crippen LogP contribution in [0.4, 0.5) is 13.2 Å². The monoisotopic (exact) mass is 326 g/mol. The van der Waals surface area contributed by atoms with Crippen LogP contribution in [-0.2, 0) is 12.3 Å². The van der Waals surface area contributed by atoms with E-state index in [4.69, 9.17) is 0 Å². The molecule has 1 unspecified atom stereocenters. The summed E-state index contributed by atoms with van der Waals surface area (Å²) in [5.74, 6) is -3.68. The predicted octanol–water partition coefficient (Wildman–Crippen LogP) is 6.72. The van der Waals surface area contributed by atoms with Crippen LogP contribution in [0.25, 0.3) is 0 Å². The second-order valence-corrected chi connectivity index (χ2v) is 7.48. The lowest BCUT2D eigenvalue weighted by Gasteiger charge is -2.35. The molecule has 0 bridgehead atoms. The van der Waals surface area contributed by atoms with Crippen molar-refractivity contribution in [3.63, 3.8) is 0 Å². The van der Waals surface area contributed by atoms with E-state index in [2.05, 4.69) is 6.92 Å². The summed E-state index contributed by atoms with van der Waals surface area (Å²) in [6.45, 7) is 2.20. The lowest BCUT2D eigenvalue weighted by atomic mass is 9.72. The van der Waals surface area contributed by atoms with Gasteiger partial charge in [0.2, 0.25) is 0 Å². The molecule has 2 aliphatic rings. The molecule has 0 aliphatic heterocycles. The van der Waals surface area contributed by atoms with Gasteiger partial charge in [-0.15, -0.1) is 0 Å². The Kier molecular flexibility index (Phi) is 5.03. The van der Waals surface area contributed by atoms with Crippen LogP contribution in [-0.4, -0.2) is 0 Å². The van der Waals surface area contributed by atoms with Crippen LogP contribution in [0, 0.1) is 23.6 Å². The van der Waals surface area contributed by atoms with Gasteiger partial charge in [0.25, 0.3) is 5.92 Å². The zero-order chi connectivity index (χ0) is 16.4. The highest BCUT2D eigenvalue weighted by atomic mass is 19.3. The fraction of sp³-hybridized carbons (Fsp3) is 0.700. The van der Waals surface area contributed by atoms with E-state index < -0.39 is 17.7 Å². The third-order valence-corrected chi connectivity index (χ3v) is 6.02. The Hall–Kier alpha value is -0.990. The van der Waals surface area contributed by atoms with Gasteiger partial charge in [-0.25, -0.2) is 13.2 Å². The van der Waals surface area contributed by atoms with E-state index in [1.807, 2.05) is 0 Å². The van der Waals surface area contributed by atoms with E-state index in [9.17, 15) is 13.2 Å². The van der Waals surface area contributed by atoms with Crippen LogP contribution in [0.15, 0.2) is 18.2 Å². The van der Waals surface area contributed by atoms with Crippen molar-refractivity contribution in [2.45, 2.75) is 70.6 Å². The lowest BCUT2D eigenvalue weighted by Crippen LogP contribution is -2.31. The van der Waals surface area contributed by atoms with Gasteiger partial charge in [0.15, 0.2) is 0 Å². The van der Waals surface area contributed by atoms with Gasteiger partial charge in [-0.3, -0.25) is 0 Å². The van der Waals surface area contributed by atoms with E-state index in [1.165, 1.54) is 31.7 Å². The van der Waals surface area contributed by atoms with E-state index >= 15 is 0 Å². The van der Waals surface area contributed by atoms with Crippen LogP contribution in [0.5, 0.6) is 0 Å². The molecule has 0 spiro atoms. The van der Waals surface area contributed by atoms with E-state index in [1.54, 1.807) is 12.1 Å². The molecule has 130 valence electrons. The Labute approximate surface area is 139 Å².